The largest absolute Gasteiger partial charge is 0.495 e. The molecule has 0 aliphatic carbocycles. The highest BCUT2D eigenvalue weighted by molar-refractivity contribution is 7.92. The number of halogens is 3. The van der Waals surface area contributed by atoms with Crippen molar-refractivity contribution in [3.05, 3.63) is 123 Å². The third-order valence-electron chi connectivity index (χ3n) is 7.11. The lowest BCUT2D eigenvalue weighted by Gasteiger charge is -2.34. The SMILES string of the molecule is COc1ccc(Cl)cc1N(CC(=O)N(Cc1c(Cl)cccc1Cl)C(Cc1ccccc1)C(=O)NC(C)C)S(=O)(=O)c1ccccc1. The molecule has 0 aliphatic rings. The molecule has 46 heavy (non-hydrogen) atoms. The molecule has 0 aliphatic heterocycles. The van der Waals surface area contributed by atoms with E-state index >= 15 is 0 Å². The van der Waals surface area contributed by atoms with E-state index in [1.165, 1.54) is 36.3 Å². The Kier molecular flexibility index (Phi) is 12.0. The Morgan fingerprint density at radius 3 is 2.04 bits per heavy atom. The van der Waals surface area contributed by atoms with E-state index in [9.17, 15) is 18.0 Å². The molecule has 0 fully saturated rings. The molecule has 1 N–H and O–H groups in total. The van der Waals surface area contributed by atoms with Crippen LogP contribution in [0.15, 0.2) is 102 Å². The van der Waals surface area contributed by atoms with E-state index < -0.39 is 34.4 Å². The Hall–Kier alpha value is -3.76. The highest BCUT2D eigenvalue weighted by atomic mass is 35.5. The summed E-state index contributed by atoms with van der Waals surface area (Å²) in [6.45, 7) is 2.75. The molecule has 4 aromatic carbocycles. The molecule has 12 heteroatoms. The fourth-order valence-corrected chi connectivity index (χ4v) is 7.00. The number of sulfonamides is 1. The zero-order chi connectivity index (χ0) is 33.4. The number of ether oxygens (including phenoxy) is 1. The predicted octanol–water partition coefficient (Wildman–Crippen LogP) is 7.02. The lowest BCUT2D eigenvalue weighted by Crippen LogP contribution is -2.54. The molecule has 0 spiro atoms. The van der Waals surface area contributed by atoms with Gasteiger partial charge in [-0.3, -0.25) is 13.9 Å². The first kappa shape index (κ1) is 35.1. The van der Waals surface area contributed by atoms with Crippen molar-refractivity contribution >= 4 is 62.3 Å². The van der Waals surface area contributed by atoms with Crippen LogP contribution in [0.5, 0.6) is 5.75 Å². The molecular weight excluding hydrogens is 669 g/mol. The Morgan fingerprint density at radius 2 is 1.46 bits per heavy atom. The second-order valence-corrected chi connectivity index (χ2v) is 13.8. The zero-order valence-corrected chi connectivity index (χ0v) is 28.6. The predicted molar refractivity (Wildman–Crippen MR) is 183 cm³/mol. The summed E-state index contributed by atoms with van der Waals surface area (Å²) in [5.74, 6) is -0.929. The van der Waals surface area contributed by atoms with Crippen LogP contribution in [-0.2, 0) is 32.6 Å². The summed E-state index contributed by atoms with van der Waals surface area (Å²) in [6, 6.07) is 25.1. The molecule has 0 bridgehead atoms. The summed E-state index contributed by atoms with van der Waals surface area (Å²) in [6.07, 6.45) is 0.138. The Labute approximate surface area is 284 Å². The van der Waals surface area contributed by atoms with Gasteiger partial charge in [-0.05, 0) is 61.9 Å². The van der Waals surface area contributed by atoms with Gasteiger partial charge in [0.05, 0.1) is 17.7 Å². The summed E-state index contributed by atoms with van der Waals surface area (Å²) >= 11 is 19.4. The van der Waals surface area contributed by atoms with Crippen molar-refractivity contribution in [1.29, 1.82) is 0 Å². The van der Waals surface area contributed by atoms with E-state index in [4.69, 9.17) is 39.5 Å². The van der Waals surface area contributed by atoms with Crippen LogP contribution < -0.4 is 14.4 Å². The maximum atomic E-state index is 14.6. The van der Waals surface area contributed by atoms with E-state index in [1.54, 1.807) is 42.5 Å². The van der Waals surface area contributed by atoms with E-state index in [-0.39, 0.29) is 40.4 Å². The van der Waals surface area contributed by atoms with Crippen LogP contribution in [-0.4, -0.2) is 50.9 Å². The quantitative estimate of drug-likeness (QED) is 0.162. The maximum absolute atomic E-state index is 14.6. The Morgan fingerprint density at radius 1 is 0.848 bits per heavy atom. The number of anilines is 1. The number of hydrogen-bond acceptors (Lipinski definition) is 5. The molecule has 4 aromatic rings. The van der Waals surface area contributed by atoms with Gasteiger partial charge in [0.2, 0.25) is 11.8 Å². The van der Waals surface area contributed by atoms with Crippen molar-refractivity contribution < 1.29 is 22.7 Å². The fraction of sp³-hybridized carbons (Fsp3) is 0.235. The first-order valence-corrected chi connectivity index (χ1v) is 17.0. The average Bonchev–Trinajstić information content (AvgIpc) is 3.03. The van der Waals surface area contributed by atoms with E-state index in [2.05, 4.69) is 5.32 Å². The highest BCUT2D eigenvalue weighted by Crippen LogP contribution is 2.35. The van der Waals surface area contributed by atoms with Crippen LogP contribution in [0, 0.1) is 0 Å². The van der Waals surface area contributed by atoms with Crippen molar-refractivity contribution in [2.75, 3.05) is 18.0 Å². The van der Waals surface area contributed by atoms with Crippen molar-refractivity contribution in [3.8, 4) is 5.75 Å². The van der Waals surface area contributed by atoms with Crippen LogP contribution in [0.2, 0.25) is 15.1 Å². The second kappa shape index (κ2) is 15.7. The summed E-state index contributed by atoms with van der Waals surface area (Å²) in [5.41, 5.74) is 1.25. The summed E-state index contributed by atoms with van der Waals surface area (Å²) in [5, 5.41) is 3.72. The highest BCUT2D eigenvalue weighted by Gasteiger charge is 2.36. The molecule has 4 rings (SSSR count). The number of carbonyl (C=O) groups is 2. The number of nitrogens with one attached hydrogen (secondary N) is 1. The van der Waals surface area contributed by atoms with Gasteiger partial charge < -0.3 is 15.0 Å². The lowest BCUT2D eigenvalue weighted by atomic mass is 10.0. The number of nitrogens with zero attached hydrogens (tertiary/aromatic N) is 2. The average molecular weight is 703 g/mol. The van der Waals surface area contributed by atoms with Gasteiger partial charge in [0.1, 0.15) is 18.3 Å². The summed E-state index contributed by atoms with van der Waals surface area (Å²) in [4.78, 5) is 29.7. The summed E-state index contributed by atoms with van der Waals surface area (Å²) in [7, 11) is -2.96. The number of amides is 2. The van der Waals surface area contributed by atoms with Gasteiger partial charge >= 0.3 is 0 Å². The van der Waals surface area contributed by atoms with Gasteiger partial charge in [-0.25, -0.2) is 8.42 Å². The molecule has 1 unspecified atom stereocenters. The zero-order valence-electron chi connectivity index (χ0n) is 25.5. The minimum absolute atomic E-state index is 0.0502. The third-order valence-corrected chi connectivity index (χ3v) is 9.83. The number of methoxy groups -OCH3 is 1. The molecule has 2 amide bonds. The van der Waals surface area contributed by atoms with E-state index in [0.717, 1.165) is 9.87 Å². The van der Waals surface area contributed by atoms with Crippen LogP contribution in [0.3, 0.4) is 0 Å². The molecule has 0 aromatic heterocycles. The Bertz CT molecular complexity index is 1750. The van der Waals surface area contributed by atoms with Crippen molar-refractivity contribution in [2.45, 2.75) is 43.8 Å². The number of carbonyl (C=O) groups excluding carboxylic acids is 2. The molecule has 1 atom stereocenters. The number of benzene rings is 4. The maximum Gasteiger partial charge on any atom is 0.264 e. The fourth-order valence-electron chi connectivity index (χ4n) is 4.88. The van der Waals surface area contributed by atoms with Gasteiger partial charge in [-0.1, -0.05) is 89.4 Å². The van der Waals surface area contributed by atoms with Gasteiger partial charge in [-0.2, -0.15) is 0 Å². The van der Waals surface area contributed by atoms with Gasteiger partial charge in [0.25, 0.3) is 10.0 Å². The number of hydrogen-bond donors (Lipinski definition) is 1. The molecule has 0 heterocycles. The molecule has 8 nitrogen and oxygen atoms in total. The first-order valence-electron chi connectivity index (χ1n) is 14.4. The van der Waals surface area contributed by atoms with E-state index in [0.29, 0.717) is 15.6 Å². The minimum atomic E-state index is -4.35. The van der Waals surface area contributed by atoms with Crippen molar-refractivity contribution in [1.82, 2.24) is 10.2 Å². The van der Waals surface area contributed by atoms with Crippen LogP contribution in [0.1, 0.15) is 25.0 Å². The van der Waals surface area contributed by atoms with Crippen molar-refractivity contribution in [3.63, 3.8) is 0 Å². The standard InChI is InChI=1S/C34H34Cl3N3O5S/c1-23(2)38-34(42)31(19-24-11-6-4-7-12-24)39(21-27-28(36)15-10-16-29(27)37)33(41)22-40(30-20-25(35)17-18-32(30)45-3)46(43,44)26-13-8-5-9-14-26/h4-18,20,23,31H,19,21-22H2,1-3H3,(H,38,42). The lowest BCUT2D eigenvalue weighted by molar-refractivity contribution is -0.140. The molecule has 242 valence electrons. The number of rotatable bonds is 13. The van der Waals surface area contributed by atoms with Crippen LogP contribution in [0.25, 0.3) is 0 Å². The van der Waals surface area contributed by atoms with Gasteiger partial charge in [-0.15, -0.1) is 0 Å². The molecule has 0 saturated carbocycles. The summed E-state index contributed by atoms with van der Waals surface area (Å²) < 4.78 is 34.9. The van der Waals surface area contributed by atoms with Crippen molar-refractivity contribution in [2.24, 2.45) is 0 Å². The monoisotopic (exact) mass is 701 g/mol. The topological polar surface area (TPSA) is 96.0 Å². The van der Waals surface area contributed by atoms with Gasteiger partial charge in [0, 0.05) is 39.6 Å². The minimum Gasteiger partial charge on any atom is -0.495 e. The molecular formula is C34H34Cl3N3O5S. The van der Waals surface area contributed by atoms with Crippen LogP contribution in [0.4, 0.5) is 5.69 Å². The molecule has 0 saturated heterocycles. The smallest absolute Gasteiger partial charge is 0.264 e. The Balaban J connectivity index is 1.88. The first-order chi connectivity index (χ1) is 21.9. The van der Waals surface area contributed by atoms with Gasteiger partial charge in [0.15, 0.2) is 0 Å². The van der Waals surface area contributed by atoms with Crippen LogP contribution >= 0.6 is 34.8 Å². The third kappa shape index (κ3) is 8.53. The molecule has 0 radical (unpaired) electrons. The second-order valence-electron chi connectivity index (χ2n) is 10.7. The van der Waals surface area contributed by atoms with E-state index in [1.807, 2.05) is 44.2 Å². The normalized spacial score (nSPS) is 12.0.